The normalized spacial score (nSPS) is 26.1. The van der Waals surface area contributed by atoms with Gasteiger partial charge >= 0.3 is 0 Å². The lowest BCUT2D eigenvalue weighted by Crippen LogP contribution is -2.61. The van der Waals surface area contributed by atoms with Gasteiger partial charge in [0.15, 0.2) is 0 Å². The van der Waals surface area contributed by atoms with Crippen molar-refractivity contribution in [3.63, 3.8) is 0 Å². The molecule has 0 saturated carbocycles. The molecular formula is C35H50O12. The summed E-state index contributed by atoms with van der Waals surface area (Å²) in [4.78, 5) is 0. The molecular weight excluding hydrogens is 612 g/mol. The van der Waals surface area contributed by atoms with Crippen LogP contribution in [-0.4, -0.2) is 112 Å². The highest BCUT2D eigenvalue weighted by Gasteiger charge is 2.49. The Balaban J connectivity index is 1.51. The van der Waals surface area contributed by atoms with Crippen LogP contribution in [0.1, 0.15) is 24.0 Å². The first-order chi connectivity index (χ1) is 23.2. The summed E-state index contributed by atoms with van der Waals surface area (Å²) >= 11 is 0. The smallest absolute Gasteiger partial charge is 0.148 e. The topological polar surface area (TPSA) is 111 Å². The molecule has 47 heavy (non-hydrogen) atoms. The summed E-state index contributed by atoms with van der Waals surface area (Å²) in [5.41, 5.74) is 2.18. The summed E-state index contributed by atoms with van der Waals surface area (Å²) in [7, 11) is 6.23. The van der Waals surface area contributed by atoms with E-state index in [-0.39, 0.29) is 46.0 Å². The monoisotopic (exact) mass is 662 g/mol. The Morgan fingerprint density at radius 2 is 1.13 bits per heavy atom. The van der Waals surface area contributed by atoms with Crippen molar-refractivity contribution in [1.82, 2.24) is 0 Å². The van der Waals surface area contributed by atoms with Crippen LogP contribution in [0.5, 0.6) is 0 Å². The van der Waals surface area contributed by atoms with E-state index in [2.05, 4.69) is 6.08 Å². The molecule has 0 aromatic heterocycles. The SMILES string of the molecule is COCOC[C@H]1O[C@@H](CC2=CC[C@H](OCc3ccccc3)[C@@H](COCc3ccccc3)O2)[C@H](OCOC)[C@@H](OCOC)[C@@H]1OCOC. The Kier molecular flexibility index (Phi) is 17.1. The van der Waals surface area contributed by atoms with Gasteiger partial charge in [-0.3, -0.25) is 0 Å². The van der Waals surface area contributed by atoms with Gasteiger partial charge in [0, 0.05) is 34.9 Å². The molecule has 262 valence electrons. The van der Waals surface area contributed by atoms with Gasteiger partial charge in [-0.2, -0.15) is 0 Å². The predicted octanol–water partition coefficient (Wildman–Crippen LogP) is 4.21. The molecule has 12 heteroatoms. The summed E-state index contributed by atoms with van der Waals surface area (Å²) in [6, 6.07) is 20.1. The summed E-state index contributed by atoms with van der Waals surface area (Å²) in [6.07, 6.45) is -0.325. The minimum absolute atomic E-state index is 0.0170. The molecule has 0 aliphatic carbocycles. The van der Waals surface area contributed by atoms with Crippen LogP contribution in [0.3, 0.4) is 0 Å². The lowest BCUT2D eigenvalue weighted by molar-refractivity contribution is -0.298. The van der Waals surface area contributed by atoms with Crippen molar-refractivity contribution < 1.29 is 56.8 Å². The fourth-order valence-corrected chi connectivity index (χ4v) is 5.58. The van der Waals surface area contributed by atoms with Crippen LogP contribution in [-0.2, 0) is 70.1 Å². The largest absolute Gasteiger partial charge is 0.490 e. The van der Waals surface area contributed by atoms with E-state index < -0.39 is 30.5 Å². The molecule has 12 nitrogen and oxygen atoms in total. The molecule has 0 radical (unpaired) electrons. The average molecular weight is 663 g/mol. The second-order valence-corrected chi connectivity index (χ2v) is 11.2. The Bertz CT molecular complexity index is 1120. The Morgan fingerprint density at radius 1 is 0.574 bits per heavy atom. The second kappa shape index (κ2) is 21.5. The van der Waals surface area contributed by atoms with Gasteiger partial charge in [0.1, 0.15) is 63.8 Å². The molecule has 2 aliphatic heterocycles. The van der Waals surface area contributed by atoms with Crippen molar-refractivity contribution in [1.29, 1.82) is 0 Å². The Labute approximate surface area is 278 Å². The van der Waals surface area contributed by atoms with Gasteiger partial charge in [-0.25, -0.2) is 0 Å². The highest BCUT2D eigenvalue weighted by Crippen LogP contribution is 2.34. The van der Waals surface area contributed by atoms with E-state index in [4.69, 9.17) is 56.8 Å². The van der Waals surface area contributed by atoms with Gasteiger partial charge in [0.05, 0.1) is 38.3 Å². The molecule has 0 unspecified atom stereocenters. The number of methoxy groups -OCH3 is 4. The van der Waals surface area contributed by atoms with E-state index in [0.29, 0.717) is 32.7 Å². The molecule has 7 atom stereocenters. The predicted molar refractivity (Wildman–Crippen MR) is 170 cm³/mol. The number of ether oxygens (including phenoxy) is 12. The van der Waals surface area contributed by atoms with Gasteiger partial charge < -0.3 is 56.8 Å². The van der Waals surface area contributed by atoms with Gasteiger partial charge in [0.2, 0.25) is 0 Å². The zero-order valence-corrected chi connectivity index (χ0v) is 27.9. The minimum atomic E-state index is -0.605. The Hall–Kier alpha value is -2.46. The number of hydrogen-bond acceptors (Lipinski definition) is 12. The maximum absolute atomic E-state index is 6.63. The highest BCUT2D eigenvalue weighted by molar-refractivity contribution is 5.15. The maximum atomic E-state index is 6.63. The molecule has 2 aliphatic rings. The van der Waals surface area contributed by atoms with E-state index in [1.165, 1.54) is 0 Å². The van der Waals surface area contributed by atoms with Crippen molar-refractivity contribution in [3.8, 4) is 0 Å². The van der Waals surface area contributed by atoms with Crippen molar-refractivity contribution in [2.45, 2.75) is 68.8 Å². The molecule has 4 rings (SSSR count). The quantitative estimate of drug-likeness (QED) is 0.133. The van der Waals surface area contributed by atoms with Crippen molar-refractivity contribution >= 4 is 0 Å². The summed E-state index contributed by atoms with van der Waals surface area (Å²) in [5, 5.41) is 0. The summed E-state index contributed by atoms with van der Waals surface area (Å²) < 4.78 is 70.7. The standard InChI is InChI=1S/C35H50O12/c1-36-22-41-21-32-34(44-24-38-3)35(45-25-39-4)33(43-23-37-2)30(47-32)17-28-15-16-29(42-19-27-13-9-6-10-14-27)31(46-28)20-40-18-26-11-7-5-8-12-26/h5-15,29-35H,16-25H2,1-4H3/t29-,30-,31+,32+,33-,34+,35+/m0/s1. The third kappa shape index (κ3) is 12.2. The fourth-order valence-electron chi connectivity index (χ4n) is 5.58. The molecule has 0 bridgehead atoms. The lowest BCUT2D eigenvalue weighted by Gasteiger charge is -2.46. The zero-order valence-electron chi connectivity index (χ0n) is 27.9. The van der Waals surface area contributed by atoms with E-state index in [1.54, 1.807) is 28.4 Å². The second-order valence-electron chi connectivity index (χ2n) is 11.2. The van der Waals surface area contributed by atoms with Crippen LogP contribution >= 0.6 is 0 Å². The van der Waals surface area contributed by atoms with Gasteiger partial charge in [0.25, 0.3) is 0 Å². The zero-order chi connectivity index (χ0) is 33.1. The van der Waals surface area contributed by atoms with E-state index >= 15 is 0 Å². The Morgan fingerprint density at radius 3 is 1.74 bits per heavy atom. The fraction of sp³-hybridized carbons (Fsp3) is 0.600. The molecule has 2 aromatic carbocycles. The van der Waals surface area contributed by atoms with E-state index in [1.807, 2.05) is 60.7 Å². The number of hydrogen-bond donors (Lipinski definition) is 0. The van der Waals surface area contributed by atoms with Crippen LogP contribution in [0.25, 0.3) is 0 Å². The maximum Gasteiger partial charge on any atom is 0.148 e. The molecule has 0 N–H and O–H groups in total. The van der Waals surface area contributed by atoms with Crippen LogP contribution in [0.2, 0.25) is 0 Å². The van der Waals surface area contributed by atoms with E-state index in [9.17, 15) is 0 Å². The molecule has 0 spiro atoms. The molecule has 2 aromatic rings. The first kappa shape index (κ1) is 37.4. The van der Waals surface area contributed by atoms with Crippen molar-refractivity contribution in [3.05, 3.63) is 83.6 Å². The van der Waals surface area contributed by atoms with Crippen LogP contribution in [0.4, 0.5) is 0 Å². The molecule has 1 fully saturated rings. The first-order valence-corrected chi connectivity index (χ1v) is 15.8. The highest BCUT2D eigenvalue weighted by atomic mass is 16.7. The first-order valence-electron chi connectivity index (χ1n) is 15.8. The average Bonchev–Trinajstić information content (AvgIpc) is 3.10. The van der Waals surface area contributed by atoms with Gasteiger partial charge in [-0.05, 0) is 23.6 Å². The number of benzene rings is 2. The van der Waals surface area contributed by atoms with E-state index in [0.717, 1.165) is 16.9 Å². The third-order valence-electron chi connectivity index (χ3n) is 7.75. The number of rotatable bonds is 22. The molecule has 1 saturated heterocycles. The van der Waals surface area contributed by atoms with Crippen molar-refractivity contribution in [2.24, 2.45) is 0 Å². The van der Waals surface area contributed by atoms with Crippen molar-refractivity contribution in [2.75, 3.05) is 68.8 Å². The summed E-state index contributed by atoms with van der Waals surface area (Å²) in [6.45, 7) is 1.62. The van der Waals surface area contributed by atoms with Gasteiger partial charge in [-0.1, -0.05) is 60.7 Å². The van der Waals surface area contributed by atoms with Gasteiger partial charge in [-0.15, -0.1) is 0 Å². The lowest BCUT2D eigenvalue weighted by atomic mass is 9.91. The third-order valence-corrected chi connectivity index (χ3v) is 7.75. The minimum Gasteiger partial charge on any atom is -0.490 e. The molecule has 0 amide bonds. The summed E-state index contributed by atoms with van der Waals surface area (Å²) in [5.74, 6) is 0.743. The van der Waals surface area contributed by atoms with Crippen LogP contribution < -0.4 is 0 Å². The van der Waals surface area contributed by atoms with Crippen LogP contribution in [0.15, 0.2) is 72.5 Å². The van der Waals surface area contributed by atoms with Crippen LogP contribution in [0, 0.1) is 0 Å². The molecule has 2 heterocycles.